The summed E-state index contributed by atoms with van der Waals surface area (Å²) in [6.45, 7) is 12.2. The normalized spacial score (nSPS) is 19.8. The first-order valence-electron chi connectivity index (χ1n) is 8.41. The predicted molar refractivity (Wildman–Crippen MR) is 112 cm³/mol. The lowest BCUT2D eigenvalue weighted by atomic mass is 10.1. The first kappa shape index (κ1) is 20.7. The summed E-state index contributed by atoms with van der Waals surface area (Å²) in [5, 5.41) is 7.94. The van der Waals surface area contributed by atoms with Crippen LogP contribution in [0, 0.1) is 0 Å². The third kappa shape index (κ3) is 5.60. The van der Waals surface area contributed by atoms with Crippen LogP contribution in [0.1, 0.15) is 38.7 Å². The summed E-state index contributed by atoms with van der Waals surface area (Å²) >= 11 is 1.77. The van der Waals surface area contributed by atoms with Crippen LogP contribution in [0.25, 0.3) is 0 Å². The topological polar surface area (TPSA) is 30.9 Å². The van der Waals surface area contributed by atoms with Crippen LogP contribution in [0.3, 0.4) is 0 Å². The van der Waals surface area contributed by atoms with Crippen molar-refractivity contribution in [3.8, 4) is 0 Å². The molecule has 0 amide bonds. The lowest BCUT2D eigenvalue weighted by molar-refractivity contribution is 0.223. The van der Waals surface area contributed by atoms with Crippen LogP contribution in [0.4, 0.5) is 0 Å². The average Bonchev–Trinajstić information content (AvgIpc) is 3.21. The van der Waals surface area contributed by atoms with E-state index in [1.165, 1.54) is 12.0 Å². The zero-order valence-electron chi connectivity index (χ0n) is 14.8. The summed E-state index contributed by atoms with van der Waals surface area (Å²) in [6, 6.07) is 2.88. The molecule has 1 saturated heterocycles. The van der Waals surface area contributed by atoms with Gasteiger partial charge in [-0.15, -0.1) is 24.0 Å². The highest BCUT2D eigenvalue weighted by molar-refractivity contribution is 14.0. The van der Waals surface area contributed by atoms with E-state index in [4.69, 9.17) is 0 Å². The van der Waals surface area contributed by atoms with Gasteiger partial charge in [0.15, 0.2) is 5.96 Å². The molecule has 1 aliphatic heterocycles. The highest BCUT2D eigenvalue weighted by atomic mass is 127. The molecule has 0 spiro atoms. The van der Waals surface area contributed by atoms with E-state index in [9.17, 15) is 0 Å². The number of halogens is 1. The molecule has 4 nitrogen and oxygen atoms in total. The molecule has 1 fully saturated rings. The fraction of sp³-hybridized carbons (Fsp3) is 0.706. The van der Waals surface area contributed by atoms with Crippen LogP contribution in [0.15, 0.2) is 21.8 Å². The van der Waals surface area contributed by atoms with Crippen molar-refractivity contribution in [1.29, 1.82) is 0 Å². The van der Waals surface area contributed by atoms with Crippen LogP contribution < -0.4 is 5.32 Å². The number of nitrogens with one attached hydrogen (secondary N) is 1. The highest BCUT2D eigenvalue weighted by Crippen LogP contribution is 2.18. The van der Waals surface area contributed by atoms with Gasteiger partial charge in [0.25, 0.3) is 0 Å². The average molecular weight is 450 g/mol. The zero-order valence-corrected chi connectivity index (χ0v) is 17.9. The Bertz CT molecular complexity index is 459. The van der Waals surface area contributed by atoms with Crippen LogP contribution in [-0.2, 0) is 0 Å². The van der Waals surface area contributed by atoms with Crippen LogP contribution in [0.2, 0.25) is 0 Å². The lowest BCUT2D eigenvalue weighted by Crippen LogP contribution is -2.44. The SMILES string of the molecule is CCN(CC)C1CCN(C(=NC)NCC(C)c2ccsc2)C1.I. The van der Waals surface area contributed by atoms with Gasteiger partial charge in [0, 0.05) is 32.7 Å². The Hall–Kier alpha value is -0.340. The van der Waals surface area contributed by atoms with Gasteiger partial charge in [0.2, 0.25) is 0 Å². The molecular weight excluding hydrogens is 419 g/mol. The van der Waals surface area contributed by atoms with Crippen molar-refractivity contribution in [2.75, 3.05) is 39.8 Å². The van der Waals surface area contributed by atoms with E-state index in [2.05, 4.69) is 57.7 Å². The molecule has 0 bridgehead atoms. The van der Waals surface area contributed by atoms with Crippen LogP contribution in [0.5, 0.6) is 0 Å². The first-order valence-corrected chi connectivity index (χ1v) is 9.35. The second kappa shape index (κ2) is 10.5. The number of nitrogens with zero attached hydrogens (tertiary/aromatic N) is 3. The van der Waals surface area contributed by atoms with Gasteiger partial charge < -0.3 is 10.2 Å². The fourth-order valence-corrected chi connectivity index (χ4v) is 4.00. The Labute approximate surface area is 162 Å². The summed E-state index contributed by atoms with van der Waals surface area (Å²) in [4.78, 5) is 9.45. The maximum atomic E-state index is 4.48. The molecule has 1 N–H and O–H groups in total. The first-order chi connectivity index (χ1) is 10.7. The molecule has 2 rings (SSSR count). The fourth-order valence-electron chi connectivity index (χ4n) is 3.22. The quantitative estimate of drug-likeness (QED) is 0.409. The molecule has 0 radical (unpaired) electrons. The van der Waals surface area contributed by atoms with E-state index < -0.39 is 0 Å². The van der Waals surface area contributed by atoms with Gasteiger partial charge in [-0.25, -0.2) is 0 Å². The number of guanidine groups is 1. The molecule has 1 aromatic rings. The van der Waals surface area contributed by atoms with Crippen molar-refractivity contribution in [3.05, 3.63) is 22.4 Å². The maximum absolute atomic E-state index is 4.48. The molecule has 23 heavy (non-hydrogen) atoms. The monoisotopic (exact) mass is 450 g/mol. The predicted octanol–water partition coefficient (Wildman–Crippen LogP) is 3.46. The lowest BCUT2D eigenvalue weighted by Gasteiger charge is -2.27. The Morgan fingerprint density at radius 1 is 1.48 bits per heavy atom. The van der Waals surface area contributed by atoms with Crippen molar-refractivity contribution < 1.29 is 0 Å². The summed E-state index contributed by atoms with van der Waals surface area (Å²) in [6.07, 6.45) is 1.24. The molecule has 0 aliphatic carbocycles. The minimum Gasteiger partial charge on any atom is -0.356 e. The van der Waals surface area contributed by atoms with Gasteiger partial charge >= 0.3 is 0 Å². The highest BCUT2D eigenvalue weighted by Gasteiger charge is 2.28. The van der Waals surface area contributed by atoms with Crippen LogP contribution >= 0.6 is 35.3 Å². The molecule has 132 valence electrons. The number of likely N-dealkylation sites (N-methyl/N-ethyl adjacent to an activating group) is 1. The second-order valence-corrected chi connectivity index (χ2v) is 6.78. The number of rotatable bonds is 6. The molecule has 2 atom stereocenters. The third-order valence-electron chi connectivity index (χ3n) is 4.68. The molecule has 6 heteroatoms. The van der Waals surface area contributed by atoms with Crippen molar-refractivity contribution in [2.24, 2.45) is 4.99 Å². The van der Waals surface area contributed by atoms with Gasteiger partial charge in [-0.2, -0.15) is 11.3 Å². The molecule has 1 aromatic heterocycles. The second-order valence-electron chi connectivity index (χ2n) is 6.00. The number of thiophene rings is 1. The molecule has 0 aromatic carbocycles. The molecule has 0 saturated carbocycles. The minimum absolute atomic E-state index is 0. The minimum atomic E-state index is 0. The Kier molecular flexibility index (Phi) is 9.46. The van der Waals surface area contributed by atoms with Crippen LogP contribution in [-0.4, -0.2) is 61.6 Å². The van der Waals surface area contributed by atoms with E-state index in [1.807, 2.05) is 7.05 Å². The van der Waals surface area contributed by atoms with Gasteiger partial charge in [-0.05, 0) is 47.8 Å². The zero-order chi connectivity index (χ0) is 15.9. The van der Waals surface area contributed by atoms with Crippen molar-refractivity contribution in [1.82, 2.24) is 15.1 Å². The van der Waals surface area contributed by atoms with Gasteiger partial charge in [0.05, 0.1) is 0 Å². The van der Waals surface area contributed by atoms with E-state index in [1.54, 1.807) is 11.3 Å². The number of hydrogen-bond donors (Lipinski definition) is 1. The molecule has 1 aliphatic rings. The summed E-state index contributed by atoms with van der Waals surface area (Å²) in [5.74, 6) is 1.57. The van der Waals surface area contributed by atoms with Crippen molar-refractivity contribution in [2.45, 2.75) is 39.2 Å². The van der Waals surface area contributed by atoms with E-state index in [0.29, 0.717) is 12.0 Å². The molecule has 2 heterocycles. The Morgan fingerprint density at radius 3 is 2.78 bits per heavy atom. The Morgan fingerprint density at radius 2 is 2.22 bits per heavy atom. The maximum Gasteiger partial charge on any atom is 0.193 e. The van der Waals surface area contributed by atoms with E-state index in [0.717, 1.165) is 38.7 Å². The largest absolute Gasteiger partial charge is 0.356 e. The van der Waals surface area contributed by atoms with Crippen molar-refractivity contribution in [3.63, 3.8) is 0 Å². The molecular formula is C17H31IN4S. The summed E-state index contributed by atoms with van der Waals surface area (Å²) in [7, 11) is 1.89. The summed E-state index contributed by atoms with van der Waals surface area (Å²) in [5.41, 5.74) is 1.41. The number of hydrogen-bond acceptors (Lipinski definition) is 3. The standard InChI is InChI=1S/C17H30N4S.HI/c1-5-20(6-2)16-7-9-21(12-16)17(18-4)19-11-14(3)15-8-10-22-13-15;/h8,10,13-14,16H,5-7,9,11-12H2,1-4H3,(H,18,19);1H. The smallest absolute Gasteiger partial charge is 0.193 e. The number of aliphatic imine (C=N–C) groups is 1. The van der Waals surface area contributed by atoms with Gasteiger partial charge in [-0.3, -0.25) is 9.89 Å². The summed E-state index contributed by atoms with van der Waals surface area (Å²) < 4.78 is 0. The van der Waals surface area contributed by atoms with Crippen molar-refractivity contribution >= 4 is 41.3 Å². The number of likely N-dealkylation sites (tertiary alicyclic amines) is 1. The third-order valence-corrected chi connectivity index (χ3v) is 5.38. The van der Waals surface area contributed by atoms with E-state index in [-0.39, 0.29) is 24.0 Å². The Balaban J connectivity index is 0.00000264. The van der Waals surface area contributed by atoms with Gasteiger partial charge in [0.1, 0.15) is 0 Å². The van der Waals surface area contributed by atoms with Gasteiger partial charge in [-0.1, -0.05) is 20.8 Å². The molecule has 2 unspecified atom stereocenters. The van der Waals surface area contributed by atoms with E-state index >= 15 is 0 Å².